The Labute approximate surface area is 107 Å². The maximum absolute atomic E-state index is 11.7. The Balaban J connectivity index is 2.49. The lowest BCUT2D eigenvalue weighted by molar-refractivity contribution is 0.157. The molecule has 0 amide bonds. The molecule has 0 saturated heterocycles. The molecule has 0 atom stereocenters. The van der Waals surface area contributed by atoms with Gasteiger partial charge in [-0.1, -0.05) is 23.7 Å². The fraction of sp³-hybridized carbons (Fsp3) is 0.455. The number of hydrogen-bond donors (Lipinski definition) is 1. The summed E-state index contributed by atoms with van der Waals surface area (Å²) in [5.41, 5.74) is 5.92. The van der Waals surface area contributed by atoms with Crippen molar-refractivity contribution in [3.8, 4) is 0 Å². The second kappa shape index (κ2) is 6.96. The second-order valence-electron chi connectivity index (χ2n) is 3.62. The van der Waals surface area contributed by atoms with Crippen LogP contribution >= 0.6 is 11.6 Å². The Bertz CT molecular complexity index is 448. The summed E-state index contributed by atoms with van der Waals surface area (Å²) in [7, 11) is -3.16. The average molecular weight is 278 g/mol. The molecule has 96 valence electrons. The van der Waals surface area contributed by atoms with Crippen LogP contribution in [0.5, 0.6) is 0 Å². The molecule has 0 spiro atoms. The van der Waals surface area contributed by atoms with Gasteiger partial charge in [0.15, 0.2) is 9.84 Å². The molecule has 1 aromatic carbocycles. The predicted octanol–water partition coefficient (Wildman–Crippen LogP) is 1.23. The first kappa shape index (κ1) is 14.4. The molecule has 0 aliphatic heterocycles. The second-order valence-corrected chi connectivity index (χ2v) is 6.24. The molecule has 0 aliphatic carbocycles. The molecule has 6 heteroatoms. The molecule has 0 bridgehead atoms. The number of sulfone groups is 1. The summed E-state index contributed by atoms with van der Waals surface area (Å²) in [6.45, 7) is 0.959. The number of ether oxygens (including phenoxy) is 1. The normalized spacial score (nSPS) is 11.6. The molecule has 0 aliphatic rings. The lowest BCUT2D eigenvalue weighted by Gasteiger charge is -2.05. The van der Waals surface area contributed by atoms with Crippen LogP contribution in [0.1, 0.15) is 5.56 Å². The number of halogens is 1. The van der Waals surface area contributed by atoms with Gasteiger partial charge in [-0.15, -0.1) is 0 Å². The van der Waals surface area contributed by atoms with Crippen LogP contribution < -0.4 is 5.73 Å². The Morgan fingerprint density at radius 2 is 2.06 bits per heavy atom. The van der Waals surface area contributed by atoms with E-state index in [-0.39, 0.29) is 18.1 Å². The van der Waals surface area contributed by atoms with Crippen molar-refractivity contribution in [3.63, 3.8) is 0 Å². The molecule has 1 aromatic rings. The van der Waals surface area contributed by atoms with Crippen LogP contribution in [-0.2, 0) is 20.3 Å². The number of rotatable bonds is 7. The van der Waals surface area contributed by atoms with Crippen LogP contribution in [0, 0.1) is 0 Å². The molecule has 0 heterocycles. The fourth-order valence-corrected chi connectivity index (χ4v) is 2.74. The Hall–Kier alpha value is -0.620. The molecule has 0 aromatic heterocycles. The summed E-state index contributed by atoms with van der Waals surface area (Å²) in [4.78, 5) is 0. The van der Waals surface area contributed by atoms with Gasteiger partial charge in [-0.2, -0.15) is 0 Å². The third kappa shape index (κ3) is 6.02. The fourth-order valence-electron chi connectivity index (χ4n) is 1.32. The molecule has 2 N–H and O–H groups in total. The summed E-state index contributed by atoms with van der Waals surface area (Å²) in [5, 5.41) is 0.539. The third-order valence-corrected chi connectivity index (χ3v) is 3.87. The molecule has 4 nitrogen and oxygen atoms in total. The zero-order chi connectivity index (χ0) is 12.7. The SMILES string of the molecule is NCCOCCS(=O)(=O)Cc1cccc(Cl)c1. The molecule has 0 radical (unpaired) electrons. The van der Waals surface area contributed by atoms with E-state index in [4.69, 9.17) is 22.1 Å². The minimum atomic E-state index is -3.16. The zero-order valence-electron chi connectivity index (χ0n) is 9.43. The first-order valence-corrected chi connectivity index (χ1v) is 7.46. The quantitative estimate of drug-likeness (QED) is 0.761. The highest BCUT2D eigenvalue weighted by molar-refractivity contribution is 7.90. The minimum absolute atomic E-state index is 0.000483. The molecule has 1 rings (SSSR count). The van der Waals surface area contributed by atoms with Crippen molar-refractivity contribution in [2.24, 2.45) is 5.73 Å². The lowest BCUT2D eigenvalue weighted by Crippen LogP contribution is -2.17. The smallest absolute Gasteiger partial charge is 0.156 e. The van der Waals surface area contributed by atoms with E-state index in [1.165, 1.54) is 0 Å². The zero-order valence-corrected chi connectivity index (χ0v) is 11.0. The van der Waals surface area contributed by atoms with E-state index in [1.54, 1.807) is 24.3 Å². The molecular formula is C11H16ClNO3S. The van der Waals surface area contributed by atoms with Crippen molar-refractivity contribution >= 4 is 21.4 Å². The largest absolute Gasteiger partial charge is 0.379 e. The van der Waals surface area contributed by atoms with Gasteiger partial charge < -0.3 is 10.5 Å². The van der Waals surface area contributed by atoms with Gasteiger partial charge in [0.05, 0.1) is 24.7 Å². The van der Waals surface area contributed by atoms with Gasteiger partial charge in [-0.05, 0) is 17.7 Å². The summed E-state index contributed by atoms with van der Waals surface area (Å²) >= 11 is 5.79. The van der Waals surface area contributed by atoms with Gasteiger partial charge >= 0.3 is 0 Å². The van der Waals surface area contributed by atoms with Gasteiger partial charge in [-0.3, -0.25) is 0 Å². The van der Waals surface area contributed by atoms with E-state index < -0.39 is 9.84 Å². The highest BCUT2D eigenvalue weighted by Crippen LogP contribution is 2.13. The average Bonchev–Trinajstić information content (AvgIpc) is 2.24. The first-order chi connectivity index (χ1) is 8.03. The molecule has 17 heavy (non-hydrogen) atoms. The van der Waals surface area contributed by atoms with Crippen molar-refractivity contribution in [1.82, 2.24) is 0 Å². The van der Waals surface area contributed by atoms with Crippen molar-refractivity contribution in [1.29, 1.82) is 0 Å². The lowest BCUT2D eigenvalue weighted by atomic mass is 10.2. The van der Waals surface area contributed by atoms with Gasteiger partial charge in [0.1, 0.15) is 0 Å². The van der Waals surface area contributed by atoms with E-state index in [0.29, 0.717) is 23.7 Å². The number of benzene rings is 1. The van der Waals surface area contributed by atoms with Crippen molar-refractivity contribution in [2.45, 2.75) is 5.75 Å². The molecular weight excluding hydrogens is 262 g/mol. The van der Waals surface area contributed by atoms with Crippen LogP contribution in [-0.4, -0.2) is 33.9 Å². The van der Waals surface area contributed by atoms with Crippen LogP contribution in [0.2, 0.25) is 5.02 Å². The van der Waals surface area contributed by atoms with Gasteiger partial charge in [-0.25, -0.2) is 8.42 Å². The highest BCUT2D eigenvalue weighted by atomic mass is 35.5. The highest BCUT2D eigenvalue weighted by Gasteiger charge is 2.12. The van der Waals surface area contributed by atoms with E-state index in [1.807, 2.05) is 0 Å². The van der Waals surface area contributed by atoms with Gasteiger partial charge in [0.25, 0.3) is 0 Å². The van der Waals surface area contributed by atoms with E-state index >= 15 is 0 Å². The summed E-state index contributed by atoms with van der Waals surface area (Å²) < 4.78 is 28.5. The van der Waals surface area contributed by atoms with Crippen molar-refractivity contribution in [3.05, 3.63) is 34.9 Å². The minimum Gasteiger partial charge on any atom is -0.379 e. The Morgan fingerprint density at radius 3 is 2.71 bits per heavy atom. The summed E-state index contributed by atoms with van der Waals surface area (Å²) in [5.74, 6) is -0.0148. The van der Waals surface area contributed by atoms with Crippen LogP contribution in [0.15, 0.2) is 24.3 Å². The van der Waals surface area contributed by atoms with Crippen molar-refractivity contribution < 1.29 is 13.2 Å². The predicted molar refractivity (Wildman–Crippen MR) is 68.8 cm³/mol. The molecule has 0 fully saturated rings. The summed E-state index contributed by atoms with van der Waals surface area (Å²) in [6, 6.07) is 6.84. The maximum Gasteiger partial charge on any atom is 0.156 e. The van der Waals surface area contributed by atoms with Crippen LogP contribution in [0.25, 0.3) is 0 Å². The standard InChI is InChI=1S/C11H16ClNO3S/c12-11-3-1-2-10(8-11)9-17(14,15)7-6-16-5-4-13/h1-3,8H,4-7,9,13H2. The third-order valence-electron chi connectivity index (χ3n) is 2.08. The molecule has 0 unspecified atom stereocenters. The topological polar surface area (TPSA) is 69.4 Å². The number of hydrogen-bond acceptors (Lipinski definition) is 4. The Kier molecular flexibility index (Phi) is 5.91. The first-order valence-electron chi connectivity index (χ1n) is 5.26. The van der Waals surface area contributed by atoms with Gasteiger partial charge in [0.2, 0.25) is 0 Å². The Morgan fingerprint density at radius 1 is 1.29 bits per heavy atom. The van der Waals surface area contributed by atoms with E-state index in [0.717, 1.165) is 0 Å². The van der Waals surface area contributed by atoms with Gasteiger partial charge in [0, 0.05) is 11.6 Å². The van der Waals surface area contributed by atoms with E-state index in [2.05, 4.69) is 0 Å². The van der Waals surface area contributed by atoms with Crippen molar-refractivity contribution in [2.75, 3.05) is 25.5 Å². The summed E-state index contributed by atoms with van der Waals surface area (Å²) in [6.07, 6.45) is 0. The van der Waals surface area contributed by atoms with Crippen LogP contribution in [0.4, 0.5) is 0 Å². The van der Waals surface area contributed by atoms with Crippen LogP contribution in [0.3, 0.4) is 0 Å². The van der Waals surface area contributed by atoms with E-state index in [9.17, 15) is 8.42 Å². The number of nitrogens with two attached hydrogens (primary N) is 1. The molecule has 0 saturated carbocycles. The maximum atomic E-state index is 11.7. The monoisotopic (exact) mass is 277 g/mol.